The lowest BCUT2D eigenvalue weighted by Gasteiger charge is -2.32. The van der Waals surface area contributed by atoms with Crippen molar-refractivity contribution in [1.82, 2.24) is 0 Å². The molecule has 39 heavy (non-hydrogen) atoms. The van der Waals surface area contributed by atoms with Gasteiger partial charge in [-0.3, -0.25) is 0 Å². The van der Waals surface area contributed by atoms with E-state index in [1.54, 1.807) is 0 Å². The van der Waals surface area contributed by atoms with Crippen LogP contribution in [0.15, 0.2) is 152 Å². The molecule has 0 aromatic heterocycles. The highest BCUT2D eigenvalue weighted by Gasteiger charge is 2.29. The number of hydrogen-bond donors (Lipinski definition) is 0. The summed E-state index contributed by atoms with van der Waals surface area (Å²) >= 11 is 0. The number of fused-ring (bicyclic) bond motifs is 5. The van der Waals surface area contributed by atoms with E-state index < -0.39 is 0 Å². The molecular weight excluding hydrogens is 472 g/mol. The third-order valence-electron chi connectivity index (χ3n) is 7.61. The Morgan fingerprint density at radius 3 is 1.79 bits per heavy atom. The van der Waals surface area contributed by atoms with Gasteiger partial charge in [0.25, 0.3) is 0 Å². The van der Waals surface area contributed by atoms with Crippen molar-refractivity contribution in [2.75, 3.05) is 16.8 Å². The van der Waals surface area contributed by atoms with Gasteiger partial charge >= 0.3 is 0 Å². The molecule has 6 aromatic carbocycles. The molecule has 0 spiro atoms. The second kappa shape index (κ2) is 9.66. The van der Waals surface area contributed by atoms with Crippen LogP contribution in [0, 0.1) is 0 Å². The molecule has 0 fully saturated rings. The molecule has 2 nitrogen and oxygen atoms in total. The fourth-order valence-electron chi connectivity index (χ4n) is 5.73. The molecule has 186 valence electrons. The molecule has 1 aliphatic heterocycles. The summed E-state index contributed by atoms with van der Waals surface area (Å²) in [5.41, 5.74) is 13.1. The Hall–Kier alpha value is -5.08. The van der Waals surface area contributed by atoms with Gasteiger partial charge in [-0.05, 0) is 58.7 Å². The van der Waals surface area contributed by atoms with E-state index in [1.165, 1.54) is 44.8 Å². The molecule has 0 aliphatic carbocycles. The zero-order valence-corrected chi connectivity index (χ0v) is 21.8. The maximum absolute atomic E-state index is 2.43. The highest BCUT2D eigenvalue weighted by molar-refractivity contribution is 6.06. The average Bonchev–Trinajstić information content (AvgIpc) is 3.14. The topological polar surface area (TPSA) is 6.48 Å². The van der Waals surface area contributed by atoms with Gasteiger partial charge in [-0.2, -0.15) is 0 Å². The monoisotopic (exact) mass is 500 g/mol. The van der Waals surface area contributed by atoms with Crippen molar-refractivity contribution in [2.24, 2.45) is 0 Å². The molecule has 2 heteroatoms. The van der Waals surface area contributed by atoms with Crippen LogP contribution in [0.25, 0.3) is 33.4 Å². The second-order valence-corrected chi connectivity index (χ2v) is 9.88. The van der Waals surface area contributed by atoms with E-state index in [0.717, 1.165) is 17.1 Å². The Labute approximate surface area is 230 Å². The van der Waals surface area contributed by atoms with Gasteiger partial charge in [0, 0.05) is 29.5 Å². The SMILES string of the molecule is CN(c1cccc(-c2ccccc2)c1)c1cccc2c1N(c1ccccc1)c1ccccc1-c1ccccc1-2. The van der Waals surface area contributed by atoms with Crippen LogP contribution in [-0.2, 0) is 0 Å². The zero-order chi connectivity index (χ0) is 26.2. The molecule has 0 radical (unpaired) electrons. The first-order valence-electron chi connectivity index (χ1n) is 13.4. The Balaban J connectivity index is 1.49. The van der Waals surface area contributed by atoms with Crippen molar-refractivity contribution in [2.45, 2.75) is 0 Å². The van der Waals surface area contributed by atoms with E-state index in [9.17, 15) is 0 Å². The lowest BCUT2D eigenvalue weighted by molar-refractivity contribution is 1.18. The fraction of sp³-hybridized carbons (Fsp3) is 0.0270. The van der Waals surface area contributed by atoms with Crippen LogP contribution in [0.3, 0.4) is 0 Å². The molecule has 1 aliphatic rings. The molecule has 0 bridgehead atoms. The normalized spacial score (nSPS) is 11.7. The standard InChI is InChI=1S/C37H28N2/c1-38(30-19-12-16-28(26-30)27-14-4-2-5-15-27)36-25-13-23-34-32-21-9-8-20-31(32)33-22-10-11-24-35(33)39(37(34)36)29-17-6-3-7-18-29/h2-26H,1H3. The summed E-state index contributed by atoms with van der Waals surface area (Å²) in [5.74, 6) is 0. The van der Waals surface area contributed by atoms with Crippen LogP contribution >= 0.6 is 0 Å². The molecular formula is C37H28N2. The zero-order valence-electron chi connectivity index (χ0n) is 21.8. The number of nitrogens with zero attached hydrogens (tertiary/aromatic N) is 2. The van der Waals surface area contributed by atoms with Crippen LogP contribution in [0.1, 0.15) is 0 Å². The molecule has 1 heterocycles. The molecule has 6 aromatic rings. The van der Waals surface area contributed by atoms with Crippen molar-refractivity contribution in [3.63, 3.8) is 0 Å². The second-order valence-electron chi connectivity index (χ2n) is 9.88. The summed E-state index contributed by atoms with van der Waals surface area (Å²) in [4.78, 5) is 4.75. The van der Waals surface area contributed by atoms with Crippen molar-refractivity contribution in [3.8, 4) is 33.4 Å². The Morgan fingerprint density at radius 1 is 0.462 bits per heavy atom. The van der Waals surface area contributed by atoms with Gasteiger partial charge < -0.3 is 9.80 Å². The first-order chi connectivity index (χ1) is 19.3. The van der Waals surface area contributed by atoms with Gasteiger partial charge in [0.2, 0.25) is 0 Å². The average molecular weight is 501 g/mol. The minimum absolute atomic E-state index is 1.14. The quantitative estimate of drug-likeness (QED) is 0.237. The largest absolute Gasteiger partial charge is 0.343 e. The number of rotatable bonds is 4. The summed E-state index contributed by atoms with van der Waals surface area (Å²) in [5, 5.41) is 0. The van der Waals surface area contributed by atoms with E-state index in [2.05, 4.69) is 169 Å². The predicted molar refractivity (Wildman–Crippen MR) is 165 cm³/mol. The summed E-state index contributed by atoms with van der Waals surface area (Å²) in [6, 6.07) is 54.3. The fourth-order valence-corrected chi connectivity index (χ4v) is 5.73. The van der Waals surface area contributed by atoms with E-state index in [-0.39, 0.29) is 0 Å². The van der Waals surface area contributed by atoms with Gasteiger partial charge in [-0.15, -0.1) is 0 Å². The summed E-state index contributed by atoms with van der Waals surface area (Å²) in [6.07, 6.45) is 0. The van der Waals surface area contributed by atoms with Gasteiger partial charge in [0.05, 0.1) is 17.1 Å². The molecule has 0 atom stereocenters. The number of hydrogen-bond acceptors (Lipinski definition) is 2. The lowest BCUT2D eigenvalue weighted by Crippen LogP contribution is -2.17. The van der Waals surface area contributed by atoms with Crippen molar-refractivity contribution in [3.05, 3.63) is 152 Å². The molecule has 0 unspecified atom stereocenters. The maximum atomic E-state index is 2.43. The summed E-state index contributed by atoms with van der Waals surface area (Å²) in [7, 11) is 2.17. The van der Waals surface area contributed by atoms with Crippen molar-refractivity contribution in [1.29, 1.82) is 0 Å². The van der Waals surface area contributed by atoms with Crippen LogP contribution < -0.4 is 9.80 Å². The van der Waals surface area contributed by atoms with Crippen LogP contribution in [-0.4, -0.2) is 7.05 Å². The van der Waals surface area contributed by atoms with E-state index in [0.29, 0.717) is 0 Å². The molecule has 7 rings (SSSR count). The van der Waals surface area contributed by atoms with Crippen molar-refractivity contribution < 1.29 is 0 Å². The number of benzene rings is 6. The highest BCUT2D eigenvalue weighted by Crippen LogP contribution is 2.54. The Kier molecular flexibility index (Phi) is 5.71. The smallest absolute Gasteiger partial charge is 0.0778 e. The van der Waals surface area contributed by atoms with Gasteiger partial charge in [0.1, 0.15) is 0 Å². The van der Waals surface area contributed by atoms with Crippen LogP contribution in [0.4, 0.5) is 28.4 Å². The highest BCUT2D eigenvalue weighted by atomic mass is 15.2. The Morgan fingerprint density at radius 2 is 1.03 bits per heavy atom. The van der Waals surface area contributed by atoms with Crippen LogP contribution in [0.2, 0.25) is 0 Å². The minimum Gasteiger partial charge on any atom is -0.343 e. The van der Waals surface area contributed by atoms with Crippen LogP contribution in [0.5, 0.6) is 0 Å². The molecule has 0 saturated heterocycles. The first kappa shape index (κ1) is 23.1. The van der Waals surface area contributed by atoms with E-state index in [1.807, 2.05) is 0 Å². The first-order valence-corrected chi connectivity index (χ1v) is 13.4. The molecule has 0 amide bonds. The van der Waals surface area contributed by atoms with E-state index >= 15 is 0 Å². The summed E-state index contributed by atoms with van der Waals surface area (Å²) < 4.78 is 0. The van der Waals surface area contributed by atoms with E-state index in [4.69, 9.17) is 0 Å². The van der Waals surface area contributed by atoms with Gasteiger partial charge in [-0.25, -0.2) is 0 Å². The lowest BCUT2D eigenvalue weighted by atomic mass is 9.94. The Bertz CT molecular complexity index is 1770. The minimum atomic E-state index is 1.14. The molecule has 0 saturated carbocycles. The maximum Gasteiger partial charge on any atom is 0.0778 e. The van der Waals surface area contributed by atoms with Gasteiger partial charge in [0.15, 0.2) is 0 Å². The van der Waals surface area contributed by atoms with Gasteiger partial charge in [-0.1, -0.05) is 115 Å². The van der Waals surface area contributed by atoms with Crippen molar-refractivity contribution >= 4 is 28.4 Å². The summed E-state index contributed by atoms with van der Waals surface area (Å²) in [6.45, 7) is 0. The number of anilines is 5. The third kappa shape index (κ3) is 3.98. The molecule has 0 N–H and O–H groups in total. The third-order valence-corrected chi connectivity index (χ3v) is 7.61. The predicted octanol–water partition coefficient (Wildman–Crippen LogP) is 10.2. The number of para-hydroxylation sites is 3.